The number of nitrogens with zero attached hydrogens (tertiary/aromatic N) is 3. The second kappa shape index (κ2) is 6.78. The molecule has 0 saturated heterocycles. The lowest BCUT2D eigenvalue weighted by molar-refractivity contribution is 0.0946. The Bertz CT molecular complexity index is 681. The van der Waals surface area contributed by atoms with Crippen LogP contribution in [0.3, 0.4) is 0 Å². The maximum absolute atomic E-state index is 11.9. The number of nitrogens with one attached hydrogen (secondary N) is 1. The summed E-state index contributed by atoms with van der Waals surface area (Å²) in [7, 11) is 1.56. The summed E-state index contributed by atoms with van der Waals surface area (Å²) in [5.74, 6) is 0.999. The first-order chi connectivity index (χ1) is 11.2. The molecular formula is C16H20N4O3. The van der Waals surface area contributed by atoms with Crippen LogP contribution >= 0.6 is 0 Å². The van der Waals surface area contributed by atoms with Gasteiger partial charge in [-0.05, 0) is 24.8 Å². The molecule has 1 aliphatic carbocycles. The molecule has 1 aromatic carbocycles. The van der Waals surface area contributed by atoms with Gasteiger partial charge in [0.1, 0.15) is 11.9 Å². The maximum atomic E-state index is 11.9. The van der Waals surface area contributed by atoms with E-state index in [1.54, 1.807) is 25.4 Å². The van der Waals surface area contributed by atoms with Gasteiger partial charge in [0.05, 0.1) is 19.9 Å². The number of hydrogen-bond donors (Lipinski definition) is 2. The van der Waals surface area contributed by atoms with E-state index in [2.05, 4.69) is 15.6 Å². The Labute approximate surface area is 134 Å². The average molecular weight is 316 g/mol. The van der Waals surface area contributed by atoms with Crippen LogP contribution < -0.4 is 10.1 Å². The van der Waals surface area contributed by atoms with E-state index in [0.29, 0.717) is 23.8 Å². The molecule has 1 saturated carbocycles. The number of ether oxygens (including phenoxy) is 1. The highest BCUT2D eigenvalue weighted by atomic mass is 16.5. The van der Waals surface area contributed by atoms with Crippen molar-refractivity contribution in [3.8, 4) is 5.75 Å². The third kappa shape index (κ3) is 3.87. The number of aliphatic hydroxyl groups excluding tert-OH is 1. The smallest absolute Gasteiger partial charge is 0.273 e. The number of para-hydroxylation sites is 1. The van der Waals surface area contributed by atoms with Crippen molar-refractivity contribution in [2.24, 2.45) is 5.92 Å². The van der Waals surface area contributed by atoms with Gasteiger partial charge in [-0.3, -0.25) is 4.79 Å². The minimum atomic E-state index is -0.796. The van der Waals surface area contributed by atoms with Gasteiger partial charge < -0.3 is 15.2 Å². The molecule has 3 rings (SSSR count). The number of rotatable bonds is 7. The molecule has 2 N–H and O–H groups in total. The molecule has 0 unspecified atom stereocenters. The topological polar surface area (TPSA) is 89.3 Å². The number of hydrogen-bond acceptors (Lipinski definition) is 5. The van der Waals surface area contributed by atoms with Crippen LogP contribution in [-0.2, 0) is 6.54 Å². The lowest BCUT2D eigenvalue weighted by Crippen LogP contribution is -2.25. The Hall–Kier alpha value is -2.41. The van der Waals surface area contributed by atoms with Gasteiger partial charge in [-0.1, -0.05) is 23.4 Å². The number of methoxy groups -OCH3 is 1. The molecule has 7 heteroatoms. The second-order valence-corrected chi connectivity index (χ2v) is 5.74. The third-order valence-corrected chi connectivity index (χ3v) is 3.88. The Kier molecular flexibility index (Phi) is 4.57. The quantitative estimate of drug-likeness (QED) is 0.800. The first-order valence-corrected chi connectivity index (χ1v) is 7.66. The van der Waals surface area contributed by atoms with Crippen molar-refractivity contribution in [3.63, 3.8) is 0 Å². The summed E-state index contributed by atoms with van der Waals surface area (Å²) in [5, 5.41) is 21.0. The van der Waals surface area contributed by atoms with Gasteiger partial charge in [0.15, 0.2) is 5.69 Å². The zero-order chi connectivity index (χ0) is 16.2. The summed E-state index contributed by atoms with van der Waals surface area (Å²) >= 11 is 0. The van der Waals surface area contributed by atoms with Gasteiger partial charge >= 0.3 is 0 Å². The first-order valence-electron chi connectivity index (χ1n) is 7.66. The fourth-order valence-corrected chi connectivity index (χ4v) is 2.36. The number of amides is 1. The van der Waals surface area contributed by atoms with Crippen molar-refractivity contribution in [2.75, 3.05) is 13.7 Å². The van der Waals surface area contributed by atoms with Gasteiger partial charge in [0, 0.05) is 12.1 Å². The molecule has 7 nitrogen and oxygen atoms in total. The van der Waals surface area contributed by atoms with Gasteiger partial charge in [0.2, 0.25) is 0 Å². The second-order valence-electron chi connectivity index (χ2n) is 5.74. The van der Waals surface area contributed by atoms with Crippen molar-refractivity contribution in [3.05, 3.63) is 41.7 Å². The van der Waals surface area contributed by atoms with Crippen LogP contribution in [0.4, 0.5) is 0 Å². The summed E-state index contributed by atoms with van der Waals surface area (Å²) in [6, 6.07) is 7.26. The van der Waals surface area contributed by atoms with Crippen molar-refractivity contribution < 1.29 is 14.6 Å². The van der Waals surface area contributed by atoms with Crippen molar-refractivity contribution in [1.82, 2.24) is 20.3 Å². The summed E-state index contributed by atoms with van der Waals surface area (Å²) in [5.41, 5.74) is 0.933. The molecule has 1 aliphatic rings. The molecule has 1 aromatic heterocycles. The van der Waals surface area contributed by atoms with Crippen LogP contribution in [0.5, 0.6) is 5.75 Å². The van der Waals surface area contributed by atoms with Crippen molar-refractivity contribution in [2.45, 2.75) is 25.5 Å². The number of benzene rings is 1. The molecular weight excluding hydrogens is 296 g/mol. The number of carbonyl (C=O) groups is 1. The lowest BCUT2D eigenvalue weighted by atomic mass is 10.1. The molecule has 0 radical (unpaired) electrons. The lowest BCUT2D eigenvalue weighted by Gasteiger charge is -2.14. The largest absolute Gasteiger partial charge is 0.496 e. The number of aliphatic hydroxyl groups is 1. The Morgan fingerprint density at radius 1 is 1.48 bits per heavy atom. The molecule has 0 bridgehead atoms. The molecule has 1 atom stereocenters. The van der Waals surface area contributed by atoms with Crippen LogP contribution in [0.1, 0.15) is 35.0 Å². The van der Waals surface area contributed by atoms with E-state index in [4.69, 9.17) is 4.74 Å². The molecule has 0 spiro atoms. The normalized spacial score (nSPS) is 15.2. The Morgan fingerprint density at radius 3 is 3.00 bits per heavy atom. The standard InChI is InChI=1S/C16H20N4O3/c1-23-15-5-3-2-4-12(15)14(21)10-20-9-13(18-19-20)16(22)17-8-11-6-7-11/h2-5,9,11,14,21H,6-8,10H2,1H3,(H,17,22)/t14-/m0/s1. The fourth-order valence-electron chi connectivity index (χ4n) is 2.36. The van der Waals surface area contributed by atoms with Crippen LogP contribution in [-0.4, -0.2) is 39.7 Å². The average Bonchev–Trinajstić information content (AvgIpc) is 3.29. The summed E-state index contributed by atoms with van der Waals surface area (Å²) in [6.45, 7) is 0.888. The Balaban J connectivity index is 1.62. The van der Waals surface area contributed by atoms with Crippen molar-refractivity contribution in [1.29, 1.82) is 0 Å². The Morgan fingerprint density at radius 2 is 2.26 bits per heavy atom. The van der Waals surface area contributed by atoms with E-state index < -0.39 is 6.10 Å². The van der Waals surface area contributed by atoms with E-state index in [1.807, 2.05) is 12.1 Å². The predicted molar refractivity (Wildman–Crippen MR) is 83.0 cm³/mol. The third-order valence-electron chi connectivity index (χ3n) is 3.88. The van der Waals surface area contributed by atoms with Crippen LogP contribution in [0.15, 0.2) is 30.5 Å². The molecule has 1 amide bonds. The van der Waals surface area contributed by atoms with E-state index in [0.717, 1.165) is 0 Å². The monoisotopic (exact) mass is 316 g/mol. The van der Waals surface area contributed by atoms with E-state index in [1.165, 1.54) is 17.5 Å². The predicted octanol–water partition coefficient (Wildman–Crippen LogP) is 1.16. The van der Waals surface area contributed by atoms with E-state index >= 15 is 0 Å². The SMILES string of the molecule is COc1ccccc1[C@@H](O)Cn1cc(C(=O)NCC2CC2)nn1. The van der Waals surface area contributed by atoms with Gasteiger partial charge in [-0.15, -0.1) is 5.10 Å². The van der Waals surface area contributed by atoms with Crippen LogP contribution in [0, 0.1) is 5.92 Å². The highest BCUT2D eigenvalue weighted by molar-refractivity contribution is 5.91. The molecule has 122 valence electrons. The minimum absolute atomic E-state index is 0.198. The van der Waals surface area contributed by atoms with Gasteiger partial charge in [-0.25, -0.2) is 4.68 Å². The zero-order valence-corrected chi connectivity index (χ0v) is 13.0. The minimum Gasteiger partial charge on any atom is -0.496 e. The molecule has 2 aromatic rings. The first kappa shape index (κ1) is 15.5. The van der Waals surface area contributed by atoms with E-state index in [-0.39, 0.29) is 18.1 Å². The maximum Gasteiger partial charge on any atom is 0.273 e. The number of aromatic nitrogens is 3. The molecule has 0 aliphatic heterocycles. The zero-order valence-electron chi connectivity index (χ0n) is 13.0. The summed E-state index contributed by atoms with van der Waals surface area (Å²) < 4.78 is 6.70. The number of carbonyl (C=O) groups excluding carboxylic acids is 1. The van der Waals surface area contributed by atoms with Crippen LogP contribution in [0.25, 0.3) is 0 Å². The van der Waals surface area contributed by atoms with Crippen LogP contribution in [0.2, 0.25) is 0 Å². The van der Waals surface area contributed by atoms with Gasteiger partial charge in [0.25, 0.3) is 5.91 Å². The molecule has 1 heterocycles. The molecule has 1 fully saturated rings. The van der Waals surface area contributed by atoms with Gasteiger partial charge in [-0.2, -0.15) is 0 Å². The highest BCUT2D eigenvalue weighted by Gasteiger charge is 2.23. The fraction of sp³-hybridized carbons (Fsp3) is 0.438. The van der Waals surface area contributed by atoms with E-state index in [9.17, 15) is 9.90 Å². The summed E-state index contributed by atoms with van der Waals surface area (Å²) in [4.78, 5) is 11.9. The van der Waals surface area contributed by atoms with Crippen molar-refractivity contribution >= 4 is 5.91 Å². The highest BCUT2D eigenvalue weighted by Crippen LogP contribution is 2.27. The summed E-state index contributed by atoms with van der Waals surface area (Å²) in [6.07, 6.45) is 3.10. The molecule has 23 heavy (non-hydrogen) atoms.